The van der Waals surface area contributed by atoms with Gasteiger partial charge < -0.3 is 10.2 Å². The molecule has 1 aromatic carbocycles. The van der Waals surface area contributed by atoms with Gasteiger partial charge in [-0.2, -0.15) is 4.99 Å². The average Bonchev–Trinajstić information content (AvgIpc) is 2.81. The third-order valence-corrected chi connectivity index (χ3v) is 4.04. The van der Waals surface area contributed by atoms with Crippen LogP contribution in [0.5, 0.6) is 11.5 Å². The summed E-state index contributed by atoms with van der Waals surface area (Å²) in [6, 6.07) is 1.53. The van der Waals surface area contributed by atoms with Crippen molar-refractivity contribution >= 4 is 6.08 Å². The first-order valence-electron chi connectivity index (χ1n) is 6.13. The van der Waals surface area contributed by atoms with Gasteiger partial charge in [0.15, 0.2) is 11.5 Å². The SMILES string of the molecule is Cc1c(C2(N=C=O)CCCC2)cc(O)c(O)c1C. The maximum absolute atomic E-state index is 10.7. The van der Waals surface area contributed by atoms with Gasteiger partial charge in [0.05, 0.1) is 5.54 Å². The van der Waals surface area contributed by atoms with Crippen molar-refractivity contribution in [2.24, 2.45) is 4.99 Å². The zero-order valence-electron chi connectivity index (χ0n) is 10.7. The van der Waals surface area contributed by atoms with Crippen LogP contribution in [0.25, 0.3) is 0 Å². The van der Waals surface area contributed by atoms with Crippen molar-refractivity contribution < 1.29 is 15.0 Å². The summed E-state index contributed by atoms with van der Waals surface area (Å²) in [5.74, 6) is -0.250. The highest BCUT2D eigenvalue weighted by atomic mass is 16.3. The zero-order valence-corrected chi connectivity index (χ0v) is 10.7. The molecule has 0 spiro atoms. The molecule has 1 aromatic rings. The summed E-state index contributed by atoms with van der Waals surface area (Å²) in [5.41, 5.74) is 1.78. The molecule has 0 heterocycles. The van der Waals surface area contributed by atoms with Gasteiger partial charge in [0, 0.05) is 0 Å². The first kappa shape index (κ1) is 12.7. The molecule has 96 valence electrons. The van der Waals surface area contributed by atoms with Crippen molar-refractivity contribution in [2.45, 2.75) is 45.1 Å². The van der Waals surface area contributed by atoms with E-state index in [9.17, 15) is 15.0 Å². The van der Waals surface area contributed by atoms with Gasteiger partial charge in [-0.1, -0.05) is 12.8 Å². The minimum absolute atomic E-state index is 0.0977. The molecule has 1 fully saturated rings. The molecule has 2 N–H and O–H groups in total. The summed E-state index contributed by atoms with van der Waals surface area (Å²) in [6.07, 6.45) is 5.24. The lowest BCUT2D eigenvalue weighted by Gasteiger charge is -2.26. The summed E-state index contributed by atoms with van der Waals surface area (Å²) in [4.78, 5) is 14.7. The normalized spacial score (nSPS) is 17.4. The molecular weight excluding hydrogens is 230 g/mol. The van der Waals surface area contributed by atoms with Crippen molar-refractivity contribution in [1.29, 1.82) is 0 Å². The molecule has 0 bridgehead atoms. The van der Waals surface area contributed by atoms with E-state index in [4.69, 9.17) is 0 Å². The molecule has 1 aliphatic carbocycles. The van der Waals surface area contributed by atoms with Gasteiger partial charge in [0.2, 0.25) is 6.08 Å². The smallest absolute Gasteiger partial charge is 0.235 e. The van der Waals surface area contributed by atoms with Crippen LogP contribution in [0.15, 0.2) is 11.1 Å². The van der Waals surface area contributed by atoms with Gasteiger partial charge in [0.25, 0.3) is 0 Å². The van der Waals surface area contributed by atoms with Crippen LogP contribution in [-0.4, -0.2) is 16.3 Å². The molecule has 0 aromatic heterocycles. The van der Waals surface area contributed by atoms with Crippen molar-refractivity contribution in [1.82, 2.24) is 0 Å². The van der Waals surface area contributed by atoms with E-state index in [1.54, 1.807) is 13.0 Å². The molecule has 4 heteroatoms. The van der Waals surface area contributed by atoms with Gasteiger partial charge in [0.1, 0.15) is 0 Å². The number of hydrogen-bond acceptors (Lipinski definition) is 4. The first-order chi connectivity index (χ1) is 8.52. The van der Waals surface area contributed by atoms with Gasteiger partial charge in [-0.05, 0) is 49.4 Å². The monoisotopic (exact) mass is 247 g/mol. The second kappa shape index (κ2) is 4.46. The Balaban J connectivity index is 2.66. The number of carbonyl (C=O) groups excluding carboxylic acids is 1. The van der Waals surface area contributed by atoms with Crippen LogP contribution in [0.4, 0.5) is 0 Å². The summed E-state index contributed by atoms with van der Waals surface area (Å²) in [6.45, 7) is 3.63. The van der Waals surface area contributed by atoms with Crippen LogP contribution in [0, 0.1) is 13.8 Å². The Labute approximate surface area is 106 Å². The number of hydrogen-bond donors (Lipinski definition) is 2. The lowest BCUT2D eigenvalue weighted by atomic mass is 9.84. The van der Waals surface area contributed by atoms with Crippen molar-refractivity contribution in [2.75, 3.05) is 0 Å². The first-order valence-corrected chi connectivity index (χ1v) is 6.13. The molecule has 0 amide bonds. The average molecular weight is 247 g/mol. The zero-order chi connectivity index (χ0) is 13.3. The van der Waals surface area contributed by atoms with E-state index in [2.05, 4.69) is 4.99 Å². The summed E-state index contributed by atoms with van der Waals surface area (Å²) >= 11 is 0. The quantitative estimate of drug-likeness (QED) is 0.479. The fraction of sp³-hybridized carbons (Fsp3) is 0.500. The van der Waals surface area contributed by atoms with E-state index >= 15 is 0 Å². The predicted octanol–water partition coefficient (Wildman–Crippen LogP) is 2.82. The number of isocyanates is 1. The molecule has 4 nitrogen and oxygen atoms in total. The minimum atomic E-state index is -0.568. The van der Waals surface area contributed by atoms with Crippen LogP contribution in [0.2, 0.25) is 0 Å². The van der Waals surface area contributed by atoms with Crippen molar-refractivity contribution in [3.63, 3.8) is 0 Å². The van der Waals surface area contributed by atoms with Crippen LogP contribution in [0.1, 0.15) is 42.4 Å². The number of phenolic OH excluding ortho intramolecular Hbond substituents is 2. The van der Waals surface area contributed by atoms with Crippen molar-refractivity contribution in [3.05, 3.63) is 22.8 Å². The molecular formula is C14H17NO3. The Morgan fingerprint density at radius 2 is 1.83 bits per heavy atom. The molecule has 2 rings (SSSR count). The molecule has 1 aliphatic rings. The van der Waals surface area contributed by atoms with E-state index < -0.39 is 5.54 Å². The molecule has 0 saturated heterocycles. The lowest BCUT2D eigenvalue weighted by molar-refractivity contribution is 0.393. The third kappa shape index (κ3) is 1.79. The standard InChI is InChI=1S/C14H17NO3/c1-9-10(2)13(18)12(17)7-11(9)14(15-8-16)5-3-4-6-14/h7,17-18H,3-6H2,1-2H3. The van der Waals surface area contributed by atoms with Gasteiger partial charge in [-0.3, -0.25) is 0 Å². The van der Waals surface area contributed by atoms with E-state index in [1.807, 2.05) is 6.92 Å². The molecule has 1 saturated carbocycles. The molecule has 0 aliphatic heterocycles. The van der Waals surface area contributed by atoms with Gasteiger partial charge in [-0.25, -0.2) is 4.79 Å². The lowest BCUT2D eigenvalue weighted by Crippen LogP contribution is -2.20. The summed E-state index contributed by atoms with van der Waals surface area (Å²) in [7, 11) is 0. The Bertz CT molecular complexity index is 524. The highest BCUT2D eigenvalue weighted by Gasteiger charge is 2.37. The second-order valence-corrected chi connectivity index (χ2v) is 4.98. The molecule has 0 radical (unpaired) electrons. The largest absolute Gasteiger partial charge is 0.504 e. The maximum atomic E-state index is 10.7. The van der Waals surface area contributed by atoms with Crippen LogP contribution >= 0.6 is 0 Å². The highest BCUT2D eigenvalue weighted by molar-refractivity contribution is 5.55. The molecule has 0 unspecified atom stereocenters. The highest BCUT2D eigenvalue weighted by Crippen LogP contribution is 2.46. The number of rotatable bonds is 2. The topological polar surface area (TPSA) is 69.9 Å². The van der Waals surface area contributed by atoms with E-state index in [0.29, 0.717) is 5.56 Å². The summed E-state index contributed by atoms with van der Waals surface area (Å²) < 4.78 is 0. The summed E-state index contributed by atoms with van der Waals surface area (Å²) in [5, 5.41) is 19.5. The Hall–Kier alpha value is -1.80. The third-order valence-electron chi connectivity index (χ3n) is 4.04. The van der Waals surface area contributed by atoms with E-state index in [0.717, 1.165) is 36.8 Å². The van der Waals surface area contributed by atoms with Crippen LogP contribution < -0.4 is 0 Å². The number of aliphatic imine (C=N–C) groups is 1. The van der Waals surface area contributed by atoms with E-state index in [-0.39, 0.29) is 11.5 Å². The number of phenols is 2. The fourth-order valence-corrected chi connectivity index (χ4v) is 2.86. The Morgan fingerprint density at radius 3 is 2.39 bits per heavy atom. The van der Waals surface area contributed by atoms with Gasteiger partial charge >= 0.3 is 0 Å². The Kier molecular flexibility index (Phi) is 3.14. The van der Waals surface area contributed by atoms with Crippen LogP contribution in [-0.2, 0) is 10.3 Å². The maximum Gasteiger partial charge on any atom is 0.235 e. The minimum Gasteiger partial charge on any atom is -0.504 e. The van der Waals surface area contributed by atoms with Gasteiger partial charge in [-0.15, -0.1) is 0 Å². The van der Waals surface area contributed by atoms with E-state index in [1.165, 1.54) is 6.07 Å². The number of aromatic hydroxyl groups is 2. The fourth-order valence-electron chi connectivity index (χ4n) is 2.86. The second-order valence-electron chi connectivity index (χ2n) is 4.98. The molecule has 0 atom stereocenters. The Morgan fingerprint density at radius 1 is 1.22 bits per heavy atom. The number of nitrogens with zero attached hydrogens (tertiary/aromatic N) is 1. The predicted molar refractivity (Wildman–Crippen MR) is 67.5 cm³/mol. The number of benzene rings is 1. The van der Waals surface area contributed by atoms with Crippen LogP contribution in [0.3, 0.4) is 0 Å². The van der Waals surface area contributed by atoms with Crippen molar-refractivity contribution in [3.8, 4) is 11.5 Å². The molecule has 18 heavy (non-hydrogen) atoms.